The van der Waals surface area contributed by atoms with Crippen LogP contribution in [0.1, 0.15) is 19.4 Å². The van der Waals surface area contributed by atoms with E-state index in [-0.39, 0.29) is 12.0 Å². The summed E-state index contributed by atoms with van der Waals surface area (Å²) in [5, 5.41) is 1.17. The first-order valence-corrected chi connectivity index (χ1v) is 6.24. The molecule has 0 aliphatic rings. The van der Waals surface area contributed by atoms with E-state index in [0.29, 0.717) is 6.42 Å². The third-order valence-electron chi connectivity index (χ3n) is 2.85. The van der Waals surface area contributed by atoms with E-state index in [0.717, 1.165) is 9.99 Å². The van der Waals surface area contributed by atoms with Crippen LogP contribution in [0.2, 0.25) is 0 Å². The van der Waals surface area contributed by atoms with Crippen molar-refractivity contribution in [2.75, 3.05) is 7.11 Å². The smallest absolute Gasteiger partial charge is 0.307 e. The normalized spacial score (nSPS) is 12.6. The molecule has 4 heteroatoms. The third-order valence-corrected chi connectivity index (χ3v) is 3.34. The standard InChI is InChI=1S/C13H14BrNO2/c1-9(7-13(16)17-2)15-6-5-10-3-4-11(14)8-12(10)15/h3-6,8-9H,7H2,1-2H3. The van der Waals surface area contributed by atoms with Crippen LogP contribution in [0.15, 0.2) is 34.9 Å². The predicted octanol–water partition coefficient (Wildman–Crippen LogP) is 3.53. The molecule has 1 heterocycles. The Kier molecular flexibility index (Phi) is 3.52. The molecule has 0 radical (unpaired) electrons. The molecular formula is C13H14BrNO2. The maximum absolute atomic E-state index is 11.3. The van der Waals surface area contributed by atoms with Gasteiger partial charge in [0.15, 0.2) is 0 Å². The number of methoxy groups -OCH3 is 1. The lowest BCUT2D eigenvalue weighted by Crippen LogP contribution is -2.11. The van der Waals surface area contributed by atoms with E-state index < -0.39 is 0 Å². The Labute approximate surface area is 108 Å². The predicted molar refractivity (Wildman–Crippen MR) is 71.0 cm³/mol. The Hall–Kier alpha value is -1.29. The second-order valence-corrected chi connectivity index (χ2v) is 4.97. The Morgan fingerprint density at radius 1 is 1.47 bits per heavy atom. The molecule has 0 bridgehead atoms. The first-order valence-electron chi connectivity index (χ1n) is 5.44. The number of ether oxygens (including phenoxy) is 1. The molecule has 2 aromatic rings. The zero-order valence-electron chi connectivity index (χ0n) is 9.81. The maximum atomic E-state index is 11.3. The van der Waals surface area contributed by atoms with E-state index in [2.05, 4.69) is 38.7 Å². The number of esters is 1. The summed E-state index contributed by atoms with van der Waals surface area (Å²) >= 11 is 3.46. The number of fused-ring (bicyclic) bond motifs is 1. The SMILES string of the molecule is COC(=O)CC(C)n1ccc2ccc(Br)cc21. The van der Waals surface area contributed by atoms with Crippen molar-refractivity contribution in [1.82, 2.24) is 4.57 Å². The average molecular weight is 296 g/mol. The molecule has 0 aliphatic heterocycles. The molecule has 3 nitrogen and oxygen atoms in total. The zero-order chi connectivity index (χ0) is 12.4. The summed E-state index contributed by atoms with van der Waals surface area (Å²) in [6.07, 6.45) is 2.39. The number of carbonyl (C=O) groups excluding carboxylic acids is 1. The fourth-order valence-electron chi connectivity index (χ4n) is 1.93. The van der Waals surface area contributed by atoms with Gasteiger partial charge in [0.1, 0.15) is 0 Å². The van der Waals surface area contributed by atoms with Crippen LogP contribution in [-0.4, -0.2) is 17.6 Å². The van der Waals surface area contributed by atoms with Crippen molar-refractivity contribution in [3.63, 3.8) is 0 Å². The van der Waals surface area contributed by atoms with E-state index in [4.69, 9.17) is 4.74 Å². The molecule has 17 heavy (non-hydrogen) atoms. The molecule has 1 aromatic carbocycles. The lowest BCUT2D eigenvalue weighted by Gasteiger charge is -2.14. The third kappa shape index (κ3) is 2.52. The summed E-state index contributed by atoms with van der Waals surface area (Å²) < 4.78 is 7.82. The molecule has 0 N–H and O–H groups in total. The summed E-state index contributed by atoms with van der Waals surface area (Å²) in [4.78, 5) is 11.3. The van der Waals surface area contributed by atoms with Gasteiger partial charge in [0.05, 0.1) is 13.5 Å². The largest absolute Gasteiger partial charge is 0.469 e. The van der Waals surface area contributed by atoms with Crippen LogP contribution in [0, 0.1) is 0 Å². The Morgan fingerprint density at radius 3 is 2.94 bits per heavy atom. The molecule has 0 amide bonds. The number of hydrogen-bond donors (Lipinski definition) is 0. The van der Waals surface area contributed by atoms with Crippen LogP contribution in [-0.2, 0) is 9.53 Å². The monoisotopic (exact) mass is 295 g/mol. The number of rotatable bonds is 3. The lowest BCUT2D eigenvalue weighted by molar-refractivity contribution is -0.141. The van der Waals surface area contributed by atoms with Gasteiger partial charge in [0.25, 0.3) is 0 Å². The topological polar surface area (TPSA) is 31.2 Å². The summed E-state index contributed by atoms with van der Waals surface area (Å²) in [7, 11) is 1.42. The van der Waals surface area contributed by atoms with E-state index >= 15 is 0 Å². The van der Waals surface area contributed by atoms with Crippen molar-refractivity contribution in [3.05, 3.63) is 34.9 Å². The van der Waals surface area contributed by atoms with Crippen LogP contribution in [0.25, 0.3) is 10.9 Å². The summed E-state index contributed by atoms with van der Waals surface area (Å²) in [5.74, 6) is -0.186. The van der Waals surface area contributed by atoms with Crippen LogP contribution in [0.4, 0.5) is 0 Å². The molecular weight excluding hydrogens is 282 g/mol. The first kappa shape index (κ1) is 12.2. The van der Waals surface area contributed by atoms with Crippen molar-refractivity contribution in [1.29, 1.82) is 0 Å². The molecule has 90 valence electrons. The van der Waals surface area contributed by atoms with E-state index in [1.54, 1.807) is 0 Å². The van der Waals surface area contributed by atoms with Crippen molar-refractivity contribution in [2.24, 2.45) is 0 Å². The number of benzene rings is 1. The van der Waals surface area contributed by atoms with Crippen LogP contribution in [0.3, 0.4) is 0 Å². The molecule has 1 atom stereocenters. The Bertz CT molecular complexity index is 547. The maximum Gasteiger partial charge on any atom is 0.307 e. The number of carbonyl (C=O) groups is 1. The molecule has 2 rings (SSSR count). The molecule has 0 fully saturated rings. The Morgan fingerprint density at radius 2 is 2.24 bits per heavy atom. The van der Waals surface area contributed by atoms with E-state index in [1.165, 1.54) is 12.5 Å². The minimum absolute atomic E-state index is 0.0919. The molecule has 0 saturated heterocycles. The number of halogens is 1. The molecule has 1 unspecified atom stereocenters. The number of nitrogens with zero attached hydrogens (tertiary/aromatic N) is 1. The summed E-state index contributed by atoms with van der Waals surface area (Å²) in [5.41, 5.74) is 1.12. The zero-order valence-corrected chi connectivity index (χ0v) is 11.4. The second kappa shape index (κ2) is 4.92. The van der Waals surface area contributed by atoms with Gasteiger partial charge in [0, 0.05) is 22.2 Å². The molecule has 0 saturated carbocycles. The van der Waals surface area contributed by atoms with Gasteiger partial charge >= 0.3 is 5.97 Å². The quantitative estimate of drug-likeness (QED) is 0.811. The first-order chi connectivity index (χ1) is 8.11. The van der Waals surface area contributed by atoms with Gasteiger partial charge in [-0.2, -0.15) is 0 Å². The van der Waals surface area contributed by atoms with Gasteiger partial charge in [-0.15, -0.1) is 0 Å². The molecule has 1 aromatic heterocycles. The fraction of sp³-hybridized carbons (Fsp3) is 0.308. The summed E-state index contributed by atoms with van der Waals surface area (Å²) in [6.45, 7) is 2.01. The van der Waals surface area contributed by atoms with E-state index in [9.17, 15) is 4.79 Å². The fourth-order valence-corrected chi connectivity index (χ4v) is 2.28. The van der Waals surface area contributed by atoms with Crippen molar-refractivity contribution < 1.29 is 9.53 Å². The van der Waals surface area contributed by atoms with Crippen molar-refractivity contribution >= 4 is 32.8 Å². The van der Waals surface area contributed by atoms with Gasteiger partial charge in [-0.25, -0.2) is 0 Å². The van der Waals surface area contributed by atoms with Crippen molar-refractivity contribution in [3.8, 4) is 0 Å². The van der Waals surface area contributed by atoms with Crippen molar-refractivity contribution in [2.45, 2.75) is 19.4 Å². The minimum atomic E-state index is -0.186. The second-order valence-electron chi connectivity index (χ2n) is 4.06. The average Bonchev–Trinajstić information content (AvgIpc) is 2.71. The lowest BCUT2D eigenvalue weighted by atomic mass is 10.2. The Balaban J connectivity index is 2.35. The number of hydrogen-bond acceptors (Lipinski definition) is 2. The highest BCUT2D eigenvalue weighted by molar-refractivity contribution is 9.10. The highest BCUT2D eigenvalue weighted by Crippen LogP contribution is 2.25. The molecule has 0 aliphatic carbocycles. The summed E-state index contributed by atoms with van der Waals surface area (Å²) in [6, 6.07) is 8.27. The van der Waals surface area contributed by atoms with Gasteiger partial charge in [-0.05, 0) is 30.5 Å². The highest BCUT2D eigenvalue weighted by atomic mass is 79.9. The van der Waals surface area contributed by atoms with Gasteiger partial charge in [0.2, 0.25) is 0 Å². The van der Waals surface area contributed by atoms with Crippen LogP contribution < -0.4 is 0 Å². The number of aromatic nitrogens is 1. The van der Waals surface area contributed by atoms with Gasteiger partial charge < -0.3 is 9.30 Å². The van der Waals surface area contributed by atoms with Gasteiger partial charge in [-0.1, -0.05) is 22.0 Å². The van der Waals surface area contributed by atoms with Crippen LogP contribution >= 0.6 is 15.9 Å². The van der Waals surface area contributed by atoms with Gasteiger partial charge in [-0.3, -0.25) is 4.79 Å². The van der Waals surface area contributed by atoms with E-state index in [1.807, 2.05) is 19.2 Å². The van der Waals surface area contributed by atoms with Crippen LogP contribution in [0.5, 0.6) is 0 Å². The minimum Gasteiger partial charge on any atom is -0.469 e. The highest BCUT2D eigenvalue weighted by Gasteiger charge is 2.12. The molecule has 0 spiro atoms.